The number of benzene rings is 9. The first-order valence-electron chi connectivity index (χ1n) is 18.8. The molecule has 0 fully saturated rings. The number of fused-ring (bicyclic) bond motifs is 7. The highest BCUT2D eigenvalue weighted by Crippen LogP contribution is 2.44. The Labute approximate surface area is 318 Å². The second-order valence-electron chi connectivity index (χ2n) is 14.4. The third-order valence-electron chi connectivity index (χ3n) is 11.1. The van der Waals surface area contributed by atoms with Crippen LogP contribution in [0.4, 0.5) is 0 Å². The second kappa shape index (κ2) is 12.8. The molecular formula is C51H35N3O. The molecule has 55 heavy (non-hydrogen) atoms. The molecule has 1 aliphatic rings. The lowest BCUT2D eigenvalue weighted by molar-refractivity contribution is 0.408. The lowest BCUT2D eigenvalue weighted by Crippen LogP contribution is -2.45. The van der Waals surface area contributed by atoms with Crippen molar-refractivity contribution in [3.63, 3.8) is 0 Å². The Balaban J connectivity index is 1.06. The topological polar surface area (TPSA) is 49.6 Å². The lowest BCUT2D eigenvalue weighted by atomic mass is 9.93. The number of amidine groups is 1. The van der Waals surface area contributed by atoms with Crippen LogP contribution in [0.15, 0.2) is 197 Å². The summed E-state index contributed by atoms with van der Waals surface area (Å²) in [5.74, 6) is 0.830. The highest BCUT2D eigenvalue weighted by Gasteiger charge is 2.29. The van der Waals surface area contributed by atoms with E-state index in [-0.39, 0.29) is 12.3 Å². The molecule has 10 aromatic rings. The predicted molar refractivity (Wildman–Crippen MR) is 228 cm³/mol. The average Bonchev–Trinajstić information content (AvgIpc) is 3.66. The van der Waals surface area contributed by atoms with Crippen LogP contribution in [0.5, 0.6) is 0 Å². The van der Waals surface area contributed by atoms with Crippen LogP contribution < -0.4 is 10.6 Å². The van der Waals surface area contributed by atoms with Crippen LogP contribution in [-0.2, 0) is 0 Å². The minimum absolute atomic E-state index is 0.275. The molecule has 1 aromatic heterocycles. The van der Waals surface area contributed by atoms with Gasteiger partial charge in [-0.25, -0.2) is 4.99 Å². The number of hydrogen-bond donors (Lipinski definition) is 2. The van der Waals surface area contributed by atoms with Crippen molar-refractivity contribution in [3.05, 3.63) is 205 Å². The third-order valence-corrected chi connectivity index (χ3v) is 11.1. The molecule has 0 aliphatic carbocycles. The Hall–Kier alpha value is -7.01. The number of hydrogen-bond acceptors (Lipinski definition) is 4. The smallest absolute Gasteiger partial charge is 0.142 e. The van der Waals surface area contributed by atoms with E-state index in [2.05, 4.69) is 193 Å². The van der Waals surface area contributed by atoms with Gasteiger partial charge in [0.15, 0.2) is 0 Å². The van der Waals surface area contributed by atoms with Gasteiger partial charge in [-0.15, -0.1) is 0 Å². The number of nitrogens with one attached hydrogen (secondary N) is 2. The van der Waals surface area contributed by atoms with Gasteiger partial charge in [-0.1, -0.05) is 170 Å². The van der Waals surface area contributed by atoms with Crippen molar-refractivity contribution in [2.75, 3.05) is 0 Å². The zero-order valence-corrected chi connectivity index (χ0v) is 29.9. The van der Waals surface area contributed by atoms with Gasteiger partial charge in [0.1, 0.15) is 29.3 Å². The monoisotopic (exact) mass is 705 g/mol. The molecule has 0 spiro atoms. The maximum absolute atomic E-state index is 6.95. The van der Waals surface area contributed by atoms with Crippen molar-refractivity contribution in [2.24, 2.45) is 4.99 Å². The van der Waals surface area contributed by atoms with Crippen LogP contribution >= 0.6 is 0 Å². The molecule has 0 saturated heterocycles. The highest BCUT2D eigenvalue weighted by atomic mass is 16.3. The van der Waals surface area contributed by atoms with Crippen LogP contribution in [0, 0.1) is 0 Å². The fraction of sp³-hybridized carbons (Fsp3) is 0.0392. The first-order valence-corrected chi connectivity index (χ1v) is 18.8. The van der Waals surface area contributed by atoms with Crippen LogP contribution in [0.2, 0.25) is 0 Å². The lowest BCUT2D eigenvalue weighted by Gasteiger charge is -2.32. The largest absolute Gasteiger partial charge is 0.456 e. The highest BCUT2D eigenvalue weighted by molar-refractivity contribution is 6.23. The molecule has 4 nitrogen and oxygen atoms in total. The van der Waals surface area contributed by atoms with E-state index in [1.54, 1.807) is 0 Å². The molecule has 2 N–H and O–H groups in total. The molecule has 0 saturated carbocycles. The van der Waals surface area contributed by atoms with Crippen molar-refractivity contribution >= 4 is 60.1 Å². The summed E-state index contributed by atoms with van der Waals surface area (Å²) in [7, 11) is 0. The van der Waals surface area contributed by atoms with E-state index < -0.39 is 0 Å². The van der Waals surface area contributed by atoms with Crippen LogP contribution in [0.3, 0.4) is 0 Å². The van der Waals surface area contributed by atoms with E-state index in [1.165, 1.54) is 43.4 Å². The van der Waals surface area contributed by atoms with Gasteiger partial charge in [0.05, 0.1) is 0 Å². The number of nitrogens with zero attached hydrogens (tertiary/aromatic N) is 1. The maximum Gasteiger partial charge on any atom is 0.142 e. The summed E-state index contributed by atoms with van der Waals surface area (Å²) in [4.78, 5) is 5.26. The first kappa shape index (κ1) is 31.5. The molecule has 2 atom stereocenters. The Bertz CT molecular complexity index is 3110. The summed E-state index contributed by atoms with van der Waals surface area (Å²) in [6.45, 7) is 0. The quantitative estimate of drug-likeness (QED) is 0.187. The molecule has 0 radical (unpaired) electrons. The van der Waals surface area contributed by atoms with E-state index in [0.717, 1.165) is 55.6 Å². The Morgan fingerprint density at radius 2 is 1.05 bits per heavy atom. The summed E-state index contributed by atoms with van der Waals surface area (Å²) >= 11 is 0. The Kier molecular flexibility index (Phi) is 7.35. The Morgan fingerprint density at radius 3 is 1.82 bits per heavy atom. The summed E-state index contributed by atoms with van der Waals surface area (Å²) < 4.78 is 6.95. The molecular weight excluding hydrogens is 671 g/mol. The number of rotatable bonds is 5. The van der Waals surface area contributed by atoms with E-state index in [9.17, 15) is 0 Å². The molecule has 0 amide bonds. The van der Waals surface area contributed by atoms with Gasteiger partial charge in [-0.2, -0.15) is 0 Å². The van der Waals surface area contributed by atoms with Crippen molar-refractivity contribution in [1.29, 1.82) is 0 Å². The maximum atomic E-state index is 6.95. The van der Waals surface area contributed by atoms with Gasteiger partial charge in [-0.3, -0.25) is 5.32 Å². The normalized spacial score (nSPS) is 15.8. The second-order valence-corrected chi connectivity index (χ2v) is 14.4. The van der Waals surface area contributed by atoms with E-state index in [0.29, 0.717) is 0 Å². The summed E-state index contributed by atoms with van der Waals surface area (Å²) in [5.41, 5.74) is 9.55. The molecule has 4 heteroatoms. The molecule has 0 bridgehead atoms. The number of aliphatic imine (C=N–C) groups is 1. The van der Waals surface area contributed by atoms with Crippen LogP contribution in [-0.4, -0.2) is 5.84 Å². The van der Waals surface area contributed by atoms with Crippen molar-refractivity contribution < 1.29 is 4.42 Å². The Morgan fingerprint density at radius 1 is 0.455 bits per heavy atom. The summed E-state index contributed by atoms with van der Waals surface area (Å²) in [6.07, 6.45) is -0.569. The van der Waals surface area contributed by atoms with Gasteiger partial charge in [0.25, 0.3) is 0 Å². The van der Waals surface area contributed by atoms with Crippen molar-refractivity contribution in [3.8, 4) is 22.3 Å². The molecule has 2 unspecified atom stereocenters. The summed E-state index contributed by atoms with van der Waals surface area (Å²) in [5, 5.41) is 17.2. The zero-order chi connectivity index (χ0) is 36.3. The van der Waals surface area contributed by atoms with Crippen LogP contribution in [0.25, 0.3) is 76.5 Å². The van der Waals surface area contributed by atoms with Crippen molar-refractivity contribution in [2.45, 2.75) is 12.3 Å². The minimum atomic E-state index is -0.294. The van der Waals surface area contributed by atoms with Gasteiger partial charge in [0, 0.05) is 21.9 Å². The van der Waals surface area contributed by atoms with Gasteiger partial charge in [-0.05, 0) is 78.3 Å². The standard InChI is InChI=1S/C51H35N3O/c1-2-13-36(14-3-1)49-52-50(37-22-18-34(19-23-37)40-24-20-32-10-4-6-15-38(32)30-40)54-51(53-49)44-28-27-43(41-25-21-33-11-5-7-16-39(33)31-41)47-46-42-17-9-8-12-35(42)26-29-45(46)55-48(44)47/h1-31,49,51,53H,(H,52,54). The number of furan rings is 1. The first-order chi connectivity index (χ1) is 27.2. The molecule has 260 valence electrons. The minimum Gasteiger partial charge on any atom is -0.456 e. The average molecular weight is 706 g/mol. The zero-order valence-electron chi connectivity index (χ0n) is 29.9. The predicted octanol–water partition coefficient (Wildman–Crippen LogP) is 12.7. The van der Waals surface area contributed by atoms with Crippen molar-refractivity contribution in [1.82, 2.24) is 10.6 Å². The third kappa shape index (κ3) is 5.46. The van der Waals surface area contributed by atoms with E-state index in [1.807, 2.05) is 6.07 Å². The molecule has 2 heterocycles. The fourth-order valence-electron chi connectivity index (χ4n) is 8.35. The van der Waals surface area contributed by atoms with E-state index >= 15 is 0 Å². The molecule has 1 aliphatic heterocycles. The summed E-state index contributed by atoms with van der Waals surface area (Å²) in [6, 6.07) is 67.0. The SMILES string of the molecule is c1ccc(C2N=C(c3ccc(-c4ccc5ccccc5c4)cc3)NC(c3ccc(-c4ccc5ccccc5c4)c4c3oc3ccc5ccccc5c34)N2)cc1. The fourth-order valence-corrected chi connectivity index (χ4v) is 8.35. The van der Waals surface area contributed by atoms with E-state index in [4.69, 9.17) is 9.41 Å². The molecule has 9 aromatic carbocycles. The van der Waals surface area contributed by atoms with Gasteiger partial charge in [0.2, 0.25) is 0 Å². The van der Waals surface area contributed by atoms with Gasteiger partial charge < -0.3 is 9.73 Å². The van der Waals surface area contributed by atoms with Crippen LogP contribution in [0.1, 0.15) is 29.0 Å². The molecule has 11 rings (SSSR count). The van der Waals surface area contributed by atoms with Gasteiger partial charge >= 0.3 is 0 Å².